The quantitative estimate of drug-likeness (QED) is 0.282. The number of rotatable bonds is 6. The molecule has 0 unspecified atom stereocenters. The molecule has 0 spiro atoms. The number of nitrogens with zero attached hydrogens (tertiary/aromatic N) is 2. The van der Waals surface area contributed by atoms with Crippen molar-refractivity contribution in [2.24, 2.45) is 5.92 Å². The second-order valence-electron chi connectivity index (χ2n) is 11.9. The van der Waals surface area contributed by atoms with Crippen molar-refractivity contribution in [3.63, 3.8) is 0 Å². The van der Waals surface area contributed by atoms with E-state index in [1.807, 2.05) is 12.1 Å². The van der Waals surface area contributed by atoms with Crippen molar-refractivity contribution >= 4 is 40.8 Å². The Morgan fingerprint density at radius 2 is 1.85 bits per heavy atom. The van der Waals surface area contributed by atoms with Crippen LogP contribution in [0, 0.1) is 5.92 Å². The highest BCUT2D eigenvalue weighted by atomic mass is 16.6. The number of furan rings is 1. The summed E-state index contributed by atoms with van der Waals surface area (Å²) in [6.45, 7) is 7.33. The second kappa shape index (κ2) is 10.8. The Hall–Kier alpha value is -4.15. The lowest BCUT2D eigenvalue weighted by molar-refractivity contribution is 0.0632. The van der Waals surface area contributed by atoms with Crippen LogP contribution in [0.15, 0.2) is 35.1 Å². The molecule has 0 aliphatic heterocycles. The third-order valence-corrected chi connectivity index (χ3v) is 7.25. The Balaban J connectivity index is 1.45. The van der Waals surface area contributed by atoms with E-state index in [2.05, 4.69) is 32.8 Å². The molecule has 4 N–H and O–H groups in total. The Morgan fingerprint density at radius 3 is 2.55 bits per heavy atom. The summed E-state index contributed by atoms with van der Waals surface area (Å²) in [6, 6.07) is 3.53. The molecule has 3 heterocycles. The topological polar surface area (TPSA) is 156 Å². The Morgan fingerprint density at radius 1 is 1.07 bits per heavy atom. The van der Waals surface area contributed by atoms with E-state index in [-0.39, 0.29) is 23.4 Å². The van der Waals surface area contributed by atoms with Crippen LogP contribution in [0.5, 0.6) is 0 Å². The molecular formula is C29H35N5O6. The summed E-state index contributed by atoms with van der Waals surface area (Å²) in [4.78, 5) is 46.5. The number of pyridine rings is 2. The zero-order valence-corrected chi connectivity index (χ0v) is 23.1. The number of ether oxygens (including phenoxy) is 1. The summed E-state index contributed by atoms with van der Waals surface area (Å²) in [5, 5.41) is 17.4. The molecule has 40 heavy (non-hydrogen) atoms. The van der Waals surface area contributed by atoms with E-state index >= 15 is 0 Å². The van der Waals surface area contributed by atoms with Crippen LogP contribution in [0.2, 0.25) is 0 Å². The first-order valence-electron chi connectivity index (χ1n) is 13.6. The minimum absolute atomic E-state index is 0.0126. The molecule has 2 aliphatic rings. The molecule has 0 radical (unpaired) electrons. The average Bonchev–Trinajstić information content (AvgIpc) is 3.63. The van der Waals surface area contributed by atoms with Crippen molar-refractivity contribution in [3.8, 4) is 0 Å². The molecule has 0 bridgehead atoms. The third-order valence-electron chi connectivity index (χ3n) is 7.25. The van der Waals surface area contributed by atoms with Crippen molar-refractivity contribution in [2.75, 3.05) is 10.6 Å². The van der Waals surface area contributed by atoms with Crippen molar-refractivity contribution in [1.82, 2.24) is 15.3 Å². The fraction of sp³-hybridized carbons (Fsp3) is 0.483. The first-order chi connectivity index (χ1) is 19.0. The summed E-state index contributed by atoms with van der Waals surface area (Å²) in [7, 11) is 0. The standard InChI is InChI=1S/C29H35N5O6/c1-15-9-17(11-19(10-15)32-27(36)37)20-7-8-30-14-21(20)33-25(35)23-24-22(12-18(13-31-24)16-5-6-16)39-26(23)34-28(38)40-29(2,3)4/h7-8,12-17,19,32H,5-6,9-11H2,1-4H3,(H,33,35)(H,34,38)(H,36,37)/t15-,17+,19-/m0/s1. The lowest BCUT2D eigenvalue weighted by Crippen LogP contribution is -2.39. The van der Waals surface area contributed by atoms with Gasteiger partial charge in [-0.2, -0.15) is 0 Å². The van der Waals surface area contributed by atoms with Gasteiger partial charge in [-0.05, 0) is 93.9 Å². The van der Waals surface area contributed by atoms with Gasteiger partial charge in [-0.25, -0.2) is 9.59 Å². The Kier molecular flexibility index (Phi) is 7.39. The fourth-order valence-corrected chi connectivity index (χ4v) is 5.53. The van der Waals surface area contributed by atoms with Gasteiger partial charge in [-0.1, -0.05) is 6.92 Å². The zero-order chi connectivity index (χ0) is 28.6. The van der Waals surface area contributed by atoms with E-state index in [4.69, 9.17) is 9.15 Å². The van der Waals surface area contributed by atoms with Crippen molar-refractivity contribution < 1.29 is 28.6 Å². The third kappa shape index (κ3) is 6.35. The van der Waals surface area contributed by atoms with Crippen LogP contribution in [0.1, 0.15) is 93.1 Å². The number of carboxylic acid groups (broad SMARTS) is 1. The SMILES string of the molecule is C[C@@H]1C[C@H](NC(=O)O)C[C@H](c2ccncc2NC(=O)c2c(NC(=O)OC(C)(C)C)oc3cc(C4CC4)cnc23)C1. The van der Waals surface area contributed by atoms with E-state index in [9.17, 15) is 19.5 Å². The van der Waals surface area contributed by atoms with Crippen LogP contribution in [-0.2, 0) is 4.74 Å². The van der Waals surface area contributed by atoms with Gasteiger partial charge in [0.2, 0.25) is 5.88 Å². The van der Waals surface area contributed by atoms with Gasteiger partial charge in [0.15, 0.2) is 5.58 Å². The molecule has 3 atom stereocenters. The van der Waals surface area contributed by atoms with Crippen LogP contribution < -0.4 is 16.0 Å². The molecule has 0 aromatic carbocycles. The maximum atomic E-state index is 13.8. The first kappa shape index (κ1) is 27.4. The number of carbonyl (C=O) groups excluding carboxylic acids is 2. The van der Waals surface area contributed by atoms with Gasteiger partial charge in [0.25, 0.3) is 5.91 Å². The molecule has 2 fully saturated rings. The lowest BCUT2D eigenvalue weighted by atomic mass is 9.76. The highest BCUT2D eigenvalue weighted by Crippen LogP contribution is 2.42. The van der Waals surface area contributed by atoms with E-state index < -0.39 is 23.7 Å². The van der Waals surface area contributed by atoms with Crippen LogP contribution in [-0.4, -0.2) is 44.8 Å². The highest BCUT2D eigenvalue weighted by Gasteiger charge is 2.32. The highest BCUT2D eigenvalue weighted by molar-refractivity contribution is 6.16. The van der Waals surface area contributed by atoms with E-state index in [1.165, 1.54) is 0 Å². The molecule has 2 aliphatic carbocycles. The van der Waals surface area contributed by atoms with Crippen LogP contribution in [0.4, 0.5) is 21.2 Å². The van der Waals surface area contributed by atoms with Gasteiger partial charge in [-0.15, -0.1) is 0 Å². The van der Waals surface area contributed by atoms with Crippen molar-refractivity contribution in [1.29, 1.82) is 0 Å². The molecule has 3 aromatic rings. The van der Waals surface area contributed by atoms with E-state index in [0.717, 1.165) is 36.8 Å². The molecule has 11 heteroatoms. The molecule has 212 valence electrons. The second-order valence-corrected chi connectivity index (χ2v) is 11.9. The number of carbonyl (C=O) groups is 3. The molecular weight excluding hydrogens is 514 g/mol. The lowest BCUT2D eigenvalue weighted by Gasteiger charge is -2.34. The molecule has 3 aromatic heterocycles. The van der Waals surface area contributed by atoms with Crippen LogP contribution in [0.3, 0.4) is 0 Å². The number of hydrogen-bond donors (Lipinski definition) is 4. The fourth-order valence-electron chi connectivity index (χ4n) is 5.53. The predicted octanol–water partition coefficient (Wildman–Crippen LogP) is 6.24. The minimum atomic E-state index is -1.05. The van der Waals surface area contributed by atoms with Gasteiger partial charge < -0.3 is 24.9 Å². The number of nitrogens with one attached hydrogen (secondary N) is 3. The van der Waals surface area contributed by atoms with Crippen molar-refractivity contribution in [3.05, 3.63) is 47.4 Å². The number of anilines is 2. The smallest absolute Gasteiger partial charge is 0.414 e. The number of fused-ring (bicyclic) bond motifs is 1. The Bertz CT molecular complexity index is 1440. The summed E-state index contributed by atoms with van der Waals surface area (Å²) in [6.07, 6.45) is 7.55. The van der Waals surface area contributed by atoms with Gasteiger partial charge in [0.1, 0.15) is 16.7 Å². The summed E-state index contributed by atoms with van der Waals surface area (Å²) >= 11 is 0. The number of hydrogen-bond acceptors (Lipinski definition) is 7. The minimum Gasteiger partial charge on any atom is -0.465 e. The molecule has 0 saturated heterocycles. The van der Waals surface area contributed by atoms with E-state index in [0.29, 0.717) is 35.0 Å². The first-order valence-corrected chi connectivity index (χ1v) is 13.6. The maximum absolute atomic E-state index is 13.8. The van der Waals surface area contributed by atoms with Gasteiger partial charge in [0.05, 0.1) is 11.9 Å². The summed E-state index contributed by atoms with van der Waals surface area (Å²) in [5.74, 6) is 0.162. The van der Waals surface area contributed by atoms with Gasteiger partial charge in [0, 0.05) is 18.4 Å². The number of amides is 3. The zero-order valence-electron chi connectivity index (χ0n) is 23.1. The molecule has 11 nitrogen and oxygen atoms in total. The summed E-state index contributed by atoms with van der Waals surface area (Å²) < 4.78 is 11.3. The number of aromatic nitrogens is 2. The molecule has 5 rings (SSSR count). The maximum Gasteiger partial charge on any atom is 0.414 e. The van der Waals surface area contributed by atoms with E-state index in [1.54, 1.807) is 39.4 Å². The molecule has 3 amide bonds. The monoisotopic (exact) mass is 549 g/mol. The normalized spacial score (nSPS) is 21.1. The average molecular weight is 550 g/mol. The van der Waals surface area contributed by atoms with Gasteiger partial charge in [-0.3, -0.25) is 20.1 Å². The van der Waals surface area contributed by atoms with Crippen molar-refractivity contribution in [2.45, 2.75) is 83.3 Å². The largest absolute Gasteiger partial charge is 0.465 e. The summed E-state index contributed by atoms with van der Waals surface area (Å²) in [5.41, 5.74) is 2.47. The molecule has 2 saturated carbocycles. The Labute approximate surface area is 232 Å². The van der Waals surface area contributed by atoms with Crippen LogP contribution in [0.25, 0.3) is 11.1 Å². The van der Waals surface area contributed by atoms with Crippen LogP contribution >= 0.6 is 0 Å². The van der Waals surface area contributed by atoms with Gasteiger partial charge >= 0.3 is 12.2 Å². The predicted molar refractivity (Wildman–Crippen MR) is 149 cm³/mol.